The Morgan fingerprint density at radius 2 is 2.24 bits per heavy atom. The molecule has 4 nitrogen and oxygen atoms in total. The first-order valence-corrected chi connectivity index (χ1v) is 7.54. The van der Waals surface area contributed by atoms with Crippen LogP contribution in [0, 0.1) is 11.7 Å². The summed E-state index contributed by atoms with van der Waals surface area (Å²) in [7, 11) is 0. The number of carbonyl (C=O) groups is 1. The normalized spacial score (nSPS) is 23.0. The maximum absolute atomic E-state index is 13.5. The zero-order chi connectivity index (χ0) is 15.2. The number of amides is 1. The van der Waals surface area contributed by atoms with Crippen LogP contribution in [-0.4, -0.2) is 36.5 Å². The maximum Gasteiger partial charge on any atom is 0.234 e. The molecule has 1 saturated heterocycles. The van der Waals surface area contributed by atoms with Gasteiger partial charge in [-0.3, -0.25) is 9.69 Å². The summed E-state index contributed by atoms with van der Waals surface area (Å²) in [6.07, 6.45) is 2.13. The summed E-state index contributed by atoms with van der Waals surface area (Å²) in [6.45, 7) is 4.26. The molecule has 0 radical (unpaired) electrons. The molecule has 2 unspecified atom stereocenters. The number of likely N-dealkylation sites (tertiary alicyclic amines) is 1. The molecule has 1 fully saturated rings. The summed E-state index contributed by atoms with van der Waals surface area (Å²) in [4.78, 5) is 14.2. The average molecular weight is 293 g/mol. The molecule has 21 heavy (non-hydrogen) atoms. The molecular weight excluding hydrogens is 269 g/mol. The van der Waals surface area contributed by atoms with Crippen LogP contribution in [0.25, 0.3) is 0 Å². The van der Waals surface area contributed by atoms with Gasteiger partial charge in [-0.1, -0.05) is 25.1 Å². The molecule has 1 aliphatic heterocycles. The van der Waals surface area contributed by atoms with Crippen molar-refractivity contribution in [3.05, 3.63) is 35.6 Å². The standard InChI is InChI=1S/C16H24FN3O/c1-12-6-7-20(14(8-12)9-18)11-16(21)19-10-13-4-2-3-5-15(13)17/h2-5,12,14H,6-11,18H2,1H3,(H,19,21). The number of benzene rings is 1. The minimum absolute atomic E-state index is 0.0775. The lowest BCUT2D eigenvalue weighted by molar-refractivity contribution is -0.123. The van der Waals surface area contributed by atoms with E-state index in [1.807, 2.05) is 0 Å². The van der Waals surface area contributed by atoms with Crippen molar-refractivity contribution in [2.45, 2.75) is 32.4 Å². The van der Waals surface area contributed by atoms with E-state index in [9.17, 15) is 9.18 Å². The Balaban J connectivity index is 1.83. The van der Waals surface area contributed by atoms with E-state index in [0.717, 1.165) is 19.4 Å². The minimum atomic E-state index is -0.288. The van der Waals surface area contributed by atoms with Gasteiger partial charge in [0.25, 0.3) is 0 Å². The molecule has 0 bridgehead atoms. The number of nitrogens with zero attached hydrogens (tertiary/aromatic N) is 1. The van der Waals surface area contributed by atoms with Crippen LogP contribution in [-0.2, 0) is 11.3 Å². The van der Waals surface area contributed by atoms with Crippen molar-refractivity contribution in [2.24, 2.45) is 11.7 Å². The Kier molecular flexibility index (Phi) is 5.70. The predicted octanol–water partition coefficient (Wildman–Crippen LogP) is 1.50. The number of hydrogen-bond acceptors (Lipinski definition) is 3. The van der Waals surface area contributed by atoms with Crippen molar-refractivity contribution in [2.75, 3.05) is 19.6 Å². The van der Waals surface area contributed by atoms with Gasteiger partial charge in [0.2, 0.25) is 5.91 Å². The monoisotopic (exact) mass is 293 g/mol. The van der Waals surface area contributed by atoms with Crippen molar-refractivity contribution >= 4 is 5.91 Å². The molecule has 2 atom stereocenters. The van der Waals surface area contributed by atoms with Gasteiger partial charge in [0, 0.05) is 24.7 Å². The van der Waals surface area contributed by atoms with E-state index < -0.39 is 0 Å². The molecule has 0 saturated carbocycles. The van der Waals surface area contributed by atoms with Gasteiger partial charge in [-0.05, 0) is 31.4 Å². The summed E-state index contributed by atoms with van der Waals surface area (Å²) < 4.78 is 13.5. The summed E-state index contributed by atoms with van der Waals surface area (Å²) in [5.41, 5.74) is 6.30. The molecule has 3 N–H and O–H groups in total. The topological polar surface area (TPSA) is 58.4 Å². The van der Waals surface area contributed by atoms with Crippen molar-refractivity contribution in [1.82, 2.24) is 10.2 Å². The Bertz CT molecular complexity index is 480. The number of nitrogens with one attached hydrogen (secondary N) is 1. The van der Waals surface area contributed by atoms with E-state index in [1.54, 1.807) is 18.2 Å². The first-order chi connectivity index (χ1) is 10.1. The minimum Gasteiger partial charge on any atom is -0.351 e. The Hall–Kier alpha value is -1.46. The van der Waals surface area contributed by atoms with E-state index in [0.29, 0.717) is 24.6 Å². The highest BCUT2D eigenvalue weighted by molar-refractivity contribution is 5.78. The quantitative estimate of drug-likeness (QED) is 0.865. The lowest BCUT2D eigenvalue weighted by Gasteiger charge is -2.37. The molecule has 0 aliphatic carbocycles. The smallest absolute Gasteiger partial charge is 0.234 e. The molecule has 1 aliphatic rings. The zero-order valence-corrected chi connectivity index (χ0v) is 12.5. The number of piperidine rings is 1. The van der Waals surface area contributed by atoms with Crippen LogP contribution in [0.15, 0.2) is 24.3 Å². The fourth-order valence-electron chi connectivity index (χ4n) is 2.83. The van der Waals surface area contributed by atoms with Crippen LogP contribution in [0.3, 0.4) is 0 Å². The third-order valence-electron chi connectivity index (χ3n) is 4.15. The Labute approximate surface area is 125 Å². The number of hydrogen-bond donors (Lipinski definition) is 2. The van der Waals surface area contributed by atoms with E-state index in [4.69, 9.17) is 5.73 Å². The molecule has 1 aromatic carbocycles. The molecule has 0 aromatic heterocycles. The van der Waals surface area contributed by atoms with Gasteiger partial charge in [-0.25, -0.2) is 4.39 Å². The second-order valence-corrected chi connectivity index (χ2v) is 5.86. The predicted molar refractivity (Wildman–Crippen MR) is 81.1 cm³/mol. The first kappa shape index (κ1) is 15.9. The number of carbonyl (C=O) groups excluding carboxylic acids is 1. The second kappa shape index (κ2) is 7.52. The highest BCUT2D eigenvalue weighted by Gasteiger charge is 2.26. The molecule has 116 valence electrons. The highest BCUT2D eigenvalue weighted by atomic mass is 19.1. The maximum atomic E-state index is 13.5. The lowest BCUT2D eigenvalue weighted by atomic mass is 9.92. The van der Waals surface area contributed by atoms with Crippen LogP contribution in [0.1, 0.15) is 25.3 Å². The van der Waals surface area contributed by atoms with E-state index >= 15 is 0 Å². The fourth-order valence-corrected chi connectivity index (χ4v) is 2.83. The van der Waals surface area contributed by atoms with Gasteiger partial charge in [-0.2, -0.15) is 0 Å². The average Bonchev–Trinajstić information content (AvgIpc) is 2.48. The van der Waals surface area contributed by atoms with E-state index in [2.05, 4.69) is 17.1 Å². The first-order valence-electron chi connectivity index (χ1n) is 7.54. The Morgan fingerprint density at radius 3 is 2.95 bits per heavy atom. The van der Waals surface area contributed by atoms with Gasteiger partial charge >= 0.3 is 0 Å². The molecule has 1 aromatic rings. The van der Waals surface area contributed by atoms with Gasteiger partial charge in [0.1, 0.15) is 5.82 Å². The van der Waals surface area contributed by atoms with Crippen LogP contribution < -0.4 is 11.1 Å². The third kappa shape index (κ3) is 4.51. The largest absolute Gasteiger partial charge is 0.351 e. The molecule has 1 amide bonds. The van der Waals surface area contributed by atoms with Crippen molar-refractivity contribution in [1.29, 1.82) is 0 Å². The Morgan fingerprint density at radius 1 is 1.48 bits per heavy atom. The summed E-state index contributed by atoms with van der Waals surface area (Å²) in [5.74, 6) is 0.298. The molecule has 0 spiro atoms. The third-order valence-corrected chi connectivity index (χ3v) is 4.15. The highest BCUT2D eigenvalue weighted by Crippen LogP contribution is 2.21. The van der Waals surface area contributed by atoms with Crippen molar-refractivity contribution < 1.29 is 9.18 Å². The molecule has 1 heterocycles. The van der Waals surface area contributed by atoms with Gasteiger partial charge < -0.3 is 11.1 Å². The molecule has 2 rings (SSSR count). The van der Waals surface area contributed by atoms with Crippen molar-refractivity contribution in [3.63, 3.8) is 0 Å². The lowest BCUT2D eigenvalue weighted by Crippen LogP contribution is -2.50. The van der Waals surface area contributed by atoms with Gasteiger partial charge in [0.15, 0.2) is 0 Å². The van der Waals surface area contributed by atoms with Crippen LogP contribution in [0.2, 0.25) is 0 Å². The number of halogens is 1. The van der Waals surface area contributed by atoms with Crippen molar-refractivity contribution in [3.8, 4) is 0 Å². The second-order valence-electron chi connectivity index (χ2n) is 5.86. The van der Waals surface area contributed by atoms with Gasteiger partial charge in [0.05, 0.1) is 6.54 Å². The van der Waals surface area contributed by atoms with Crippen LogP contribution >= 0.6 is 0 Å². The van der Waals surface area contributed by atoms with Crippen LogP contribution in [0.4, 0.5) is 4.39 Å². The van der Waals surface area contributed by atoms with E-state index in [1.165, 1.54) is 6.07 Å². The SMILES string of the molecule is CC1CCN(CC(=O)NCc2ccccc2F)C(CN)C1. The zero-order valence-electron chi connectivity index (χ0n) is 12.5. The number of rotatable bonds is 5. The number of nitrogens with two attached hydrogens (primary N) is 1. The van der Waals surface area contributed by atoms with Gasteiger partial charge in [-0.15, -0.1) is 0 Å². The molecule has 5 heteroatoms. The summed E-state index contributed by atoms with van der Waals surface area (Å²) >= 11 is 0. The molecular formula is C16H24FN3O. The fraction of sp³-hybridized carbons (Fsp3) is 0.562. The van der Waals surface area contributed by atoms with E-state index in [-0.39, 0.29) is 24.3 Å². The summed E-state index contributed by atoms with van der Waals surface area (Å²) in [6, 6.07) is 6.76. The van der Waals surface area contributed by atoms with Crippen LogP contribution in [0.5, 0.6) is 0 Å². The summed E-state index contributed by atoms with van der Waals surface area (Å²) in [5, 5.41) is 2.78.